The summed E-state index contributed by atoms with van der Waals surface area (Å²) in [4.78, 5) is 0.647. The van der Waals surface area contributed by atoms with E-state index in [-0.39, 0.29) is 14.9 Å². The van der Waals surface area contributed by atoms with Crippen LogP contribution in [0.1, 0.15) is 10.4 Å². The predicted molar refractivity (Wildman–Crippen MR) is 82.2 cm³/mol. The van der Waals surface area contributed by atoms with Crippen LogP contribution in [0, 0.1) is 12.7 Å². The predicted octanol–water partition coefficient (Wildman–Crippen LogP) is 2.63. The lowest BCUT2D eigenvalue weighted by molar-refractivity contribution is 0.603. The van der Waals surface area contributed by atoms with Gasteiger partial charge in [-0.05, 0) is 42.8 Å². The van der Waals surface area contributed by atoms with E-state index in [9.17, 15) is 12.8 Å². The molecule has 4 nitrogen and oxygen atoms in total. The average Bonchev–Trinajstić information content (AvgIpc) is 2.76. The van der Waals surface area contributed by atoms with Crippen LogP contribution in [0.25, 0.3) is 0 Å². The number of sulfonamides is 1. The molecule has 0 spiro atoms. The van der Waals surface area contributed by atoms with Crippen molar-refractivity contribution in [3.63, 3.8) is 0 Å². The number of nitrogens with two attached hydrogens (primary N) is 1. The summed E-state index contributed by atoms with van der Waals surface area (Å²) in [6.07, 6.45) is 0. The van der Waals surface area contributed by atoms with Crippen LogP contribution in [0.5, 0.6) is 0 Å². The van der Waals surface area contributed by atoms with E-state index < -0.39 is 15.8 Å². The molecule has 0 bridgehead atoms. The van der Waals surface area contributed by atoms with Crippen molar-refractivity contribution in [3.05, 3.63) is 46.6 Å². The highest BCUT2D eigenvalue weighted by molar-refractivity contribution is 7.94. The molecule has 1 heterocycles. The summed E-state index contributed by atoms with van der Waals surface area (Å²) < 4.78 is 40.0. The Kier molecular flexibility index (Phi) is 4.07. The first-order valence-corrected chi connectivity index (χ1v) is 8.18. The lowest BCUT2D eigenvalue weighted by atomic mass is 10.2. The molecule has 8 heteroatoms. The monoisotopic (exact) mass is 330 g/mol. The summed E-state index contributed by atoms with van der Waals surface area (Å²) in [7, 11) is -3.77. The van der Waals surface area contributed by atoms with E-state index in [1.807, 2.05) is 0 Å². The van der Waals surface area contributed by atoms with Crippen molar-refractivity contribution >= 4 is 44.3 Å². The Morgan fingerprint density at radius 1 is 1.35 bits per heavy atom. The standard InChI is InChI=1S/C12H11FN2O2S3/c1-7-4-8(13)6-9(5-7)15-20(16,17)11-3-2-10(19-11)12(14)18/h2-6,15H,1H3,(H2,14,18). The van der Waals surface area contributed by atoms with Crippen molar-refractivity contribution in [2.24, 2.45) is 5.73 Å². The van der Waals surface area contributed by atoms with E-state index in [4.69, 9.17) is 18.0 Å². The molecular formula is C12H11FN2O2S3. The normalized spacial score (nSPS) is 11.3. The topological polar surface area (TPSA) is 72.2 Å². The molecule has 20 heavy (non-hydrogen) atoms. The molecule has 0 aliphatic carbocycles. The maximum atomic E-state index is 13.2. The Morgan fingerprint density at radius 2 is 2.05 bits per heavy atom. The van der Waals surface area contributed by atoms with Crippen LogP contribution in [0.4, 0.5) is 10.1 Å². The largest absolute Gasteiger partial charge is 0.389 e. The van der Waals surface area contributed by atoms with Gasteiger partial charge in [0.25, 0.3) is 10.0 Å². The molecule has 2 rings (SSSR count). The Labute approximate surface area is 125 Å². The van der Waals surface area contributed by atoms with Gasteiger partial charge in [0.05, 0.1) is 10.6 Å². The lowest BCUT2D eigenvalue weighted by Crippen LogP contribution is -2.12. The van der Waals surface area contributed by atoms with Crippen molar-refractivity contribution in [3.8, 4) is 0 Å². The molecular weight excluding hydrogens is 319 g/mol. The molecule has 0 radical (unpaired) electrons. The molecule has 0 fully saturated rings. The van der Waals surface area contributed by atoms with Crippen LogP contribution in [-0.4, -0.2) is 13.4 Å². The minimum atomic E-state index is -3.77. The number of thiocarbonyl (C=S) groups is 1. The third kappa shape index (κ3) is 3.33. The molecule has 0 saturated heterocycles. The SMILES string of the molecule is Cc1cc(F)cc(NS(=O)(=O)c2ccc(C(N)=S)s2)c1. The highest BCUT2D eigenvalue weighted by Gasteiger charge is 2.18. The van der Waals surface area contributed by atoms with E-state index in [2.05, 4.69) is 4.72 Å². The highest BCUT2D eigenvalue weighted by Crippen LogP contribution is 2.24. The minimum Gasteiger partial charge on any atom is -0.389 e. The second kappa shape index (κ2) is 5.47. The summed E-state index contributed by atoms with van der Waals surface area (Å²) in [5.74, 6) is -0.502. The molecule has 3 N–H and O–H groups in total. The number of benzene rings is 1. The van der Waals surface area contributed by atoms with Crippen molar-refractivity contribution in [2.45, 2.75) is 11.1 Å². The quantitative estimate of drug-likeness (QED) is 0.845. The number of rotatable bonds is 4. The van der Waals surface area contributed by atoms with Crippen LogP contribution >= 0.6 is 23.6 Å². The van der Waals surface area contributed by atoms with Gasteiger partial charge in [-0.25, -0.2) is 12.8 Å². The molecule has 106 valence electrons. The molecule has 0 aliphatic heterocycles. The number of thiophene rings is 1. The van der Waals surface area contributed by atoms with E-state index in [1.165, 1.54) is 12.1 Å². The zero-order valence-corrected chi connectivity index (χ0v) is 12.8. The lowest BCUT2D eigenvalue weighted by Gasteiger charge is -2.07. The maximum Gasteiger partial charge on any atom is 0.271 e. The molecule has 0 amide bonds. The van der Waals surface area contributed by atoms with Gasteiger partial charge in [0.15, 0.2) is 0 Å². The Balaban J connectivity index is 2.32. The van der Waals surface area contributed by atoms with Gasteiger partial charge in [0.1, 0.15) is 15.0 Å². The molecule has 1 aromatic carbocycles. The Bertz CT molecular complexity index is 749. The molecule has 0 aliphatic rings. The molecule has 2 aromatic rings. The van der Waals surface area contributed by atoms with Crippen molar-refractivity contribution in [2.75, 3.05) is 4.72 Å². The zero-order valence-electron chi connectivity index (χ0n) is 10.4. The summed E-state index contributed by atoms with van der Waals surface area (Å²) >= 11 is 5.75. The van der Waals surface area contributed by atoms with Crippen LogP contribution in [0.3, 0.4) is 0 Å². The van der Waals surface area contributed by atoms with Gasteiger partial charge >= 0.3 is 0 Å². The summed E-state index contributed by atoms with van der Waals surface area (Å²) in [5.41, 5.74) is 6.24. The van der Waals surface area contributed by atoms with Crippen LogP contribution in [-0.2, 0) is 10.0 Å². The molecule has 0 unspecified atom stereocenters. The van der Waals surface area contributed by atoms with E-state index >= 15 is 0 Å². The molecule has 1 aromatic heterocycles. The van der Waals surface area contributed by atoms with E-state index in [0.717, 1.165) is 17.4 Å². The van der Waals surface area contributed by atoms with Crippen LogP contribution < -0.4 is 10.5 Å². The van der Waals surface area contributed by atoms with E-state index in [1.54, 1.807) is 19.1 Å². The first-order chi connectivity index (χ1) is 9.28. The second-order valence-corrected chi connectivity index (χ2v) is 7.54. The van der Waals surface area contributed by atoms with Gasteiger partial charge in [-0.2, -0.15) is 0 Å². The van der Waals surface area contributed by atoms with Gasteiger partial charge in [-0.15, -0.1) is 11.3 Å². The van der Waals surface area contributed by atoms with Crippen LogP contribution in [0.15, 0.2) is 34.5 Å². The van der Waals surface area contributed by atoms with Crippen LogP contribution in [0.2, 0.25) is 0 Å². The molecule has 0 saturated carbocycles. The van der Waals surface area contributed by atoms with E-state index in [0.29, 0.717) is 10.4 Å². The van der Waals surface area contributed by atoms with Gasteiger partial charge < -0.3 is 5.73 Å². The van der Waals surface area contributed by atoms with Gasteiger partial charge in [-0.3, -0.25) is 4.72 Å². The Morgan fingerprint density at radius 3 is 2.60 bits per heavy atom. The summed E-state index contributed by atoms with van der Waals surface area (Å²) in [6.45, 7) is 1.68. The summed E-state index contributed by atoms with van der Waals surface area (Å²) in [5, 5.41) is 0. The fourth-order valence-corrected chi connectivity index (χ4v) is 3.99. The Hall–Kier alpha value is -1.51. The minimum absolute atomic E-state index is 0.0715. The average molecular weight is 330 g/mol. The number of nitrogens with one attached hydrogen (secondary N) is 1. The zero-order chi connectivity index (χ0) is 14.9. The first kappa shape index (κ1) is 14.9. The van der Waals surface area contributed by atoms with Gasteiger partial charge in [-0.1, -0.05) is 12.2 Å². The number of hydrogen-bond donors (Lipinski definition) is 2. The fraction of sp³-hybridized carbons (Fsp3) is 0.0833. The molecule has 0 atom stereocenters. The van der Waals surface area contributed by atoms with Crippen molar-refractivity contribution in [1.82, 2.24) is 0 Å². The smallest absolute Gasteiger partial charge is 0.271 e. The number of halogens is 1. The third-order valence-corrected chi connectivity index (χ3v) is 5.72. The maximum absolute atomic E-state index is 13.2. The first-order valence-electron chi connectivity index (χ1n) is 5.47. The second-order valence-electron chi connectivity index (χ2n) is 4.11. The highest BCUT2D eigenvalue weighted by atomic mass is 32.2. The van der Waals surface area contributed by atoms with Gasteiger partial charge in [0, 0.05) is 0 Å². The fourth-order valence-electron chi connectivity index (χ4n) is 1.60. The third-order valence-electron chi connectivity index (χ3n) is 2.38. The summed E-state index contributed by atoms with van der Waals surface area (Å²) in [6, 6.07) is 6.93. The van der Waals surface area contributed by atoms with Crippen molar-refractivity contribution in [1.29, 1.82) is 0 Å². The number of anilines is 1. The van der Waals surface area contributed by atoms with Gasteiger partial charge in [0.2, 0.25) is 0 Å². The van der Waals surface area contributed by atoms with Crippen molar-refractivity contribution < 1.29 is 12.8 Å². The number of hydrogen-bond acceptors (Lipinski definition) is 4. The number of aryl methyl sites for hydroxylation is 1.